The maximum atomic E-state index is 13.9. The Hall–Kier alpha value is -5.61. The molecule has 332 valence electrons. The molecule has 8 rings (SSSR count). The van der Waals surface area contributed by atoms with Crippen molar-refractivity contribution in [2.24, 2.45) is 28.6 Å². The number of amides is 5. The minimum Gasteiger partial charge on any atom is -0.393 e. The van der Waals surface area contributed by atoms with E-state index in [1.54, 1.807) is 18.2 Å². The number of ether oxygens (including phenoxy) is 2. The number of allylic oxidation sites excluding steroid dienone is 4. The molecule has 2 aliphatic heterocycles. The lowest BCUT2D eigenvalue weighted by Crippen LogP contribution is -2.63. The van der Waals surface area contributed by atoms with Gasteiger partial charge in [-0.25, -0.2) is 0 Å². The lowest BCUT2D eigenvalue weighted by atomic mass is 9.46. The number of benzene rings is 2. The van der Waals surface area contributed by atoms with Crippen LogP contribution in [-0.2, 0) is 49.5 Å². The second-order valence-electron chi connectivity index (χ2n) is 18.4. The van der Waals surface area contributed by atoms with Crippen LogP contribution in [0.3, 0.4) is 0 Å². The Bertz CT molecular complexity index is 2320. The normalized spacial score (nSPS) is 32.5. The van der Waals surface area contributed by atoms with Crippen LogP contribution in [0.15, 0.2) is 84.5 Å². The smallest absolute Gasteiger partial charge is 0.253 e. The van der Waals surface area contributed by atoms with E-state index in [1.165, 1.54) is 13.8 Å². The molecule has 4 aliphatic carbocycles. The van der Waals surface area contributed by atoms with Crippen molar-refractivity contribution in [2.45, 2.75) is 102 Å². The third kappa shape index (κ3) is 7.78. The molecule has 1 saturated heterocycles. The summed E-state index contributed by atoms with van der Waals surface area (Å²) in [6.07, 6.45) is 7.96. The highest BCUT2D eigenvalue weighted by molar-refractivity contribution is 6.13. The fourth-order valence-electron chi connectivity index (χ4n) is 11.5. The van der Waals surface area contributed by atoms with Crippen molar-refractivity contribution in [3.8, 4) is 0 Å². The van der Waals surface area contributed by atoms with Gasteiger partial charge in [-0.2, -0.15) is 0 Å². The van der Waals surface area contributed by atoms with Gasteiger partial charge in [-0.05, 0) is 93.2 Å². The first-order valence-electron chi connectivity index (χ1n) is 21.7. The number of aliphatic hydroxyl groups excluding tert-OH is 2. The largest absolute Gasteiger partial charge is 0.393 e. The molecule has 5 amide bonds. The number of carbonyl (C=O) groups is 7. The molecular weight excluding hydrogens is 809 g/mol. The Morgan fingerprint density at radius 2 is 1.63 bits per heavy atom. The predicted octanol–water partition coefficient (Wildman–Crippen LogP) is 3.14. The van der Waals surface area contributed by atoms with Crippen LogP contribution >= 0.6 is 0 Å². The highest BCUT2D eigenvalue weighted by atomic mass is 16.7. The SMILES string of the molecule is C[C@@H](NC(=O)CCN1C(=O)C=CC1=O)C(=O)N[C@H](C)C(=O)Nc1cccc(Cc2ccc([C@@H]3O[C@@H]4CC5[C@@H]6CCC7=CC(=O)C=C[C@]7(C)C6[C@@H](O)C[C@]5(C)[C@]4(C(=O)CO)O3)cc2)c1. The number of hydrogen-bond donors (Lipinski definition) is 5. The van der Waals surface area contributed by atoms with Crippen molar-refractivity contribution in [3.63, 3.8) is 0 Å². The summed E-state index contributed by atoms with van der Waals surface area (Å²) in [6.45, 7) is 6.27. The molecule has 0 bridgehead atoms. The zero-order valence-corrected chi connectivity index (χ0v) is 35.8. The maximum Gasteiger partial charge on any atom is 0.253 e. The number of carbonyl (C=O) groups excluding carboxylic acids is 7. The zero-order chi connectivity index (χ0) is 45.0. The van der Waals surface area contributed by atoms with Crippen LogP contribution in [0.1, 0.15) is 82.8 Å². The van der Waals surface area contributed by atoms with Gasteiger partial charge < -0.3 is 35.6 Å². The molecular formula is C48H54N4O11. The first kappa shape index (κ1) is 44.0. The van der Waals surface area contributed by atoms with E-state index in [4.69, 9.17) is 9.47 Å². The number of anilines is 1. The van der Waals surface area contributed by atoms with Gasteiger partial charge in [0.15, 0.2) is 23.5 Å². The van der Waals surface area contributed by atoms with Crippen LogP contribution in [-0.4, -0.2) is 99.3 Å². The summed E-state index contributed by atoms with van der Waals surface area (Å²) in [5, 5.41) is 30.2. The molecule has 0 spiro atoms. The Morgan fingerprint density at radius 3 is 2.35 bits per heavy atom. The number of rotatable bonds is 13. The fraction of sp³-hybridized carbons (Fsp3) is 0.479. The summed E-state index contributed by atoms with van der Waals surface area (Å²) in [5.41, 5.74) is 1.42. The van der Waals surface area contributed by atoms with E-state index in [1.807, 2.05) is 55.5 Å². The standard InChI is InChI=1S/C48H54N4O11/c1-26(49-39(57)17-19-52-40(58)14-15-41(52)59)43(60)50-27(2)44(61)51-32-7-5-6-29(21-32)20-28-8-10-30(11-9-28)45-62-38-23-35-34-13-12-31-22-33(54)16-18-46(31,3)42(34)36(55)24-47(35,4)48(38,63-45)37(56)25-53/h5-11,14-16,18,21-22,26-27,34-36,38,42,45,53,55H,12-13,17,19-20,23-25H2,1-4H3,(H,49,57)(H,50,60)(H,51,61)/t26-,27-,34+,35?,36+,38-,42?,45-,46+,47+,48-/m1/s1. The number of nitrogens with zero attached hydrogens (tertiary/aromatic N) is 1. The Labute approximate surface area is 365 Å². The summed E-state index contributed by atoms with van der Waals surface area (Å²) in [7, 11) is 0. The molecule has 0 radical (unpaired) electrons. The second-order valence-corrected chi connectivity index (χ2v) is 18.4. The zero-order valence-electron chi connectivity index (χ0n) is 35.8. The van der Waals surface area contributed by atoms with E-state index in [-0.39, 0.29) is 36.5 Å². The molecule has 15 heteroatoms. The molecule has 15 nitrogen and oxygen atoms in total. The van der Waals surface area contributed by atoms with Crippen LogP contribution in [0.5, 0.6) is 0 Å². The van der Waals surface area contributed by atoms with Crippen molar-refractivity contribution in [2.75, 3.05) is 18.5 Å². The third-order valence-corrected chi connectivity index (χ3v) is 14.6. The van der Waals surface area contributed by atoms with Gasteiger partial charge in [0, 0.05) is 53.1 Å². The lowest BCUT2D eigenvalue weighted by molar-refractivity contribution is -0.201. The van der Waals surface area contributed by atoms with Gasteiger partial charge in [0.05, 0.1) is 12.2 Å². The van der Waals surface area contributed by atoms with Gasteiger partial charge in [-0.1, -0.05) is 61.9 Å². The number of hydrogen-bond acceptors (Lipinski definition) is 11. The minimum absolute atomic E-state index is 0.0106. The number of imide groups is 1. The first-order chi connectivity index (χ1) is 30.0. The van der Waals surface area contributed by atoms with Crippen LogP contribution in [0, 0.1) is 28.6 Å². The van der Waals surface area contributed by atoms with E-state index in [9.17, 15) is 43.8 Å². The lowest BCUT2D eigenvalue weighted by Gasteiger charge is -2.59. The van der Waals surface area contributed by atoms with E-state index in [2.05, 4.69) is 22.9 Å². The number of aliphatic hydroxyl groups is 2. The quantitative estimate of drug-likeness (QED) is 0.184. The molecule has 3 saturated carbocycles. The molecule has 6 aliphatic rings. The molecule has 4 fully saturated rings. The molecule has 63 heavy (non-hydrogen) atoms. The second kappa shape index (κ2) is 16.8. The van der Waals surface area contributed by atoms with Gasteiger partial charge in [0.25, 0.3) is 11.8 Å². The summed E-state index contributed by atoms with van der Waals surface area (Å²) >= 11 is 0. The van der Waals surface area contributed by atoms with Crippen molar-refractivity contribution in [3.05, 3.63) is 101 Å². The average Bonchev–Trinajstić information content (AvgIpc) is 3.87. The summed E-state index contributed by atoms with van der Waals surface area (Å²) in [4.78, 5) is 88.8. The van der Waals surface area contributed by atoms with Crippen molar-refractivity contribution in [1.29, 1.82) is 0 Å². The van der Waals surface area contributed by atoms with Crippen LogP contribution < -0.4 is 16.0 Å². The Morgan fingerprint density at radius 1 is 0.921 bits per heavy atom. The van der Waals surface area contributed by atoms with Crippen LogP contribution in [0.25, 0.3) is 0 Å². The van der Waals surface area contributed by atoms with E-state index >= 15 is 0 Å². The highest BCUT2D eigenvalue weighted by Crippen LogP contribution is 2.70. The van der Waals surface area contributed by atoms with Gasteiger partial charge >= 0.3 is 0 Å². The monoisotopic (exact) mass is 862 g/mol. The van der Waals surface area contributed by atoms with E-state index < -0.39 is 88.9 Å². The molecule has 2 heterocycles. The van der Waals surface area contributed by atoms with Gasteiger partial charge in [-0.3, -0.25) is 38.5 Å². The fourth-order valence-corrected chi connectivity index (χ4v) is 11.5. The van der Waals surface area contributed by atoms with Crippen molar-refractivity contribution >= 4 is 46.8 Å². The molecule has 11 atom stereocenters. The molecule has 2 unspecified atom stereocenters. The highest BCUT2D eigenvalue weighted by Gasteiger charge is 2.76. The van der Waals surface area contributed by atoms with E-state index in [0.29, 0.717) is 30.5 Å². The summed E-state index contributed by atoms with van der Waals surface area (Å²) < 4.78 is 13.4. The van der Waals surface area contributed by atoms with Crippen molar-refractivity contribution in [1.82, 2.24) is 15.5 Å². The van der Waals surface area contributed by atoms with Gasteiger partial charge in [0.2, 0.25) is 17.7 Å². The maximum absolute atomic E-state index is 13.9. The molecule has 2 aromatic rings. The molecule has 2 aromatic carbocycles. The number of Topliss-reactive ketones (excluding diaryl/α,β-unsaturated/α-hetero) is 1. The third-order valence-electron chi connectivity index (χ3n) is 14.6. The number of ketones is 2. The summed E-state index contributed by atoms with van der Waals surface area (Å²) in [5.74, 6) is -3.15. The van der Waals surface area contributed by atoms with Gasteiger partial charge in [-0.15, -0.1) is 0 Å². The Balaban J connectivity index is 0.869. The number of nitrogens with one attached hydrogen (secondary N) is 3. The number of fused-ring (bicyclic) bond motifs is 7. The molecule has 0 aromatic heterocycles. The van der Waals surface area contributed by atoms with E-state index in [0.717, 1.165) is 46.6 Å². The van der Waals surface area contributed by atoms with Crippen LogP contribution in [0.4, 0.5) is 5.69 Å². The minimum atomic E-state index is -1.45. The van der Waals surface area contributed by atoms with Crippen LogP contribution in [0.2, 0.25) is 0 Å². The topological polar surface area (TPSA) is 218 Å². The predicted molar refractivity (Wildman–Crippen MR) is 227 cm³/mol. The van der Waals surface area contributed by atoms with Gasteiger partial charge in [0.1, 0.15) is 18.7 Å². The van der Waals surface area contributed by atoms with Crippen molar-refractivity contribution < 1.29 is 53.2 Å². The molecule has 5 N–H and O–H groups in total. The first-order valence-corrected chi connectivity index (χ1v) is 21.7. The average molecular weight is 863 g/mol. The Kier molecular flexibility index (Phi) is 11.8. The summed E-state index contributed by atoms with van der Waals surface area (Å²) in [6, 6.07) is 13.0.